The molecule has 0 fully saturated rings. The number of aliphatic hydroxyl groups is 1. The van der Waals surface area contributed by atoms with E-state index in [2.05, 4.69) is 25.3 Å². The smallest absolute Gasteiger partial charge is 0.174 e. The summed E-state index contributed by atoms with van der Waals surface area (Å²) in [7, 11) is 0. The summed E-state index contributed by atoms with van der Waals surface area (Å²) < 4.78 is 5.81. The van der Waals surface area contributed by atoms with Crippen LogP contribution in [0.1, 0.15) is 5.56 Å². The Balaban J connectivity index is 2.22. The van der Waals surface area contributed by atoms with Crippen molar-refractivity contribution in [3.63, 3.8) is 0 Å². The molecular formula is C9H7BrN2OS2. The van der Waals surface area contributed by atoms with Gasteiger partial charge >= 0.3 is 0 Å². The van der Waals surface area contributed by atoms with E-state index in [0.717, 1.165) is 19.3 Å². The topological polar surface area (TPSA) is 46.0 Å². The molecule has 6 heteroatoms. The van der Waals surface area contributed by atoms with Crippen LogP contribution in [0.3, 0.4) is 0 Å². The zero-order chi connectivity index (χ0) is 10.7. The first-order chi connectivity index (χ1) is 7.29. The predicted octanol–water partition coefficient (Wildman–Crippen LogP) is 2.94. The summed E-state index contributed by atoms with van der Waals surface area (Å²) in [6.07, 6.45) is 1.54. The Bertz CT molecular complexity index is 447. The number of halogens is 1. The van der Waals surface area contributed by atoms with Crippen LogP contribution in [-0.4, -0.2) is 14.5 Å². The molecule has 3 nitrogen and oxygen atoms in total. The highest BCUT2D eigenvalue weighted by Crippen LogP contribution is 2.34. The van der Waals surface area contributed by atoms with Crippen LogP contribution in [0.2, 0.25) is 0 Å². The van der Waals surface area contributed by atoms with Gasteiger partial charge in [0.15, 0.2) is 4.34 Å². The second kappa shape index (κ2) is 5.07. The molecule has 0 atom stereocenters. The van der Waals surface area contributed by atoms with Gasteiger partial charge in [-0.05, 0) is 45.2 Å². The van der Waals surface area contributed by atoms with Gasteiger partial charge in [0.2, 0.25) is 0 Å². The highest BCUT2D eigenvalue weighted by Gasteiger charge is 2.05. The molecule has 2 aromatic rings. The van der Waals surface area contributed by atoms with Crippen LogP contribution in [0, 0.1) is 0 Å². The molecule has 0 aliphatic carbocycles. The molecule has 0 radical (unpaired) electrons. The lowest BCUT2D eigenvalue weighted by atomic mass is 10.2. The molecule has 0 bridgehead atoms. The molecule has 78 valence electrons. The SMILES string of the molecule is OCc1ccc(Sc2ncns2)c(Br)c1. The molecule has 1 N–H and O–H groups in total. The van der Waals surface area contributed by atoms with Crippen molar-refractivity contribution in [2.75, 3.05) is 0 Å². The zero-order valence-corrected chi connectivity index (χ0v) is 10.8. The summed E-state index contributed by atoms with van der Waals surface area (Å²) in [6.45, 7) is 0.0579. The lowest BCUT2D eigenvalue weighted by Gasteiger charge is -2.03. The van der Waals surface area contributed by atoms with E-state index in [9.17, 15) is 0 Å². The number of hydrogen-bond acceptors (Lipinski definition) is 5. The van der Waals surface area contributed by atoms with Crippen LogP contribution in [0.15, 0.2) is 38.2 Å². The van der Waals surface area contributed by atoms with Crippen LogP contribution in [0.5, 0.6) is 0 Å². The summed E-state index contributed by atoms with van der Waals surface area (Å²) in [5, 5.41) is 8.96. The van der Waals surface area contributed by atoms with E-state index in [1.165, 1.54) is 11.5 Å². The lowest BCUT2D eigenvalue weighted by Crippen LogP contribution is -1.83. The fourth-order valence-corrected chi connectivity index (χ4v) is 3.10. The van der Waals surface area contributed by atoms with Crippen LogP contribution < -0.4 is 0 Å². The summed E-state index contributed by atoms with van der Waals surface area (Å²) in [5.41, 5.74) is 0.892. The standard InChI is InChI=1S/C9H7BrN2OS2/c10-7-3-6(4-13)1-2-8(7)14-9-11-5-12-15-9/h1-3,5,13H,4H2. The maximum absolute atomic E-state index is 8.96. The minimum atomic E-state index is 0.0579. The molecule has 0 saturated heterocycles. The average molecular weight is 303 g/mol. The summed E-state index contributed by atoms with van der Waals surface area (Å²) in [5.74, 6) is 0. The summed E-state index contributed by atoms with van der Waals surface area (Å²) in [6, 6.07) is 5.76. The highest BCUT2D eigenvalue weighted by molar-refractivity contribution is 9.10. The third-order valence-corrected chi connectivity index (χ3v) is 4.43. The van der Waals surface area contributed by atoms with Crippen molar-refractivity contribution in [3.05, 3.63) is 34.6 Å². The Morgan fingerprint density at radius 3 is 2.93 bits per heavy atom. The fraction of sp³-hybridized carbons (Fsp3) is 0.111. The first kappa shape index (κ1) is 11.1. The molecule has 0 saturated carbocycles. The highest BCUT2D eigenvalue weighted by atomic mass is 79.9. The van der Waals surface area contributed by atoms with Crippen molar-refractivity contribution in [2.45, 2.75) is 15.8 Å². The van der Waals surface area contributed by atoms with E-state index >= 15 is 0 Å². The Morgan fingerprint density at radius 2 is 2.33 bits per heavy atom. The minimum Gasteiger partial charge on any atom is -0.392 e. The average Bonchev–Trinajstić information content (AvgIpc) is 2.74. The van der Waals surface area contributed by atoms with Gasteiger partial charge in [-0.15, -0.1) is 0 Å². The van der Waals surface area contributed by atoms with E-state index in [-0.39, 0.29) is 6.61 Å². The Labute approximate surface area is 104 Å². The minimum absolute atomic E-state index is 0.0579. The van der Waals surface area contributed by atoms with E-state index < -0.39 is 0 Å². The van der Waals surface area contributed by atoms with Crippen molar-refractivity contribution >= 4 is 39.2 Å². The van der Waals surface area contributed by atoms with Crippen molar-refractivity contribution in [2.24, 2.45) is 0 Å². The van der Waals surface area contributed by atoms with Gasteiger partial charge < -0.3 is 5.11 Å². The Morgan fingerprint density at radius 1 is 1.47 bits per heavy atom. The normalized spacial score (nSPS) is 10.5. The third kappa shape index (κ3) is 2.78. The molecule has 0 aliphatic heterocycles. The number of aliphatic hydroxyl groups excluding tert-OH is 1. The van der Waals surface area contributed by atoms with Gasteiger partial charge in [-0.25, -0.2) is 4.98 Å². The van der Waals surface area contributed by atoms with Gasteiger partial charge in [0.05, 0.1) is 6.61 Å². The molecule has 1 aromatic heterocycles. The number of benzene rings is 1. The first-order valence-corrected chi connectivity index (χ1v) is 6.51. The number of nitrogens with zero attached hydrogens (tertiary/aromatic N) is 2. The monoisotopic (exact) mass is 302 g/mol. The molecule has 0 aliphatic rings. The van der Waals surface area contributed by atoms with E-state index in [4.69, 9.17) is 5.11 Å². The molecule has 15 heavy (non-hydrogen) atoms. The van der Waals surface area contributed by atoms with E-state index in [0.29, 0.717) is 0 Å². The van der Waals surface area contributed by atoms with Crippen LogP contribution in [0.4, 0.5) is 0 Å². The van der Waals surface area contributed by atoms with Crippen LogP contribution in [0.25, 0.3) is 0 Å². The van der Waals surface area contributed by atoms with Gasteiger partial charge in [0.25, 0.3) is 0 Å². The van der Waals surface area contributed by atoms with Gasteiger partial charge in [0, 0.05) is 9.37 Å². The van der Waals surface area contributed by atoms with E-state index in [1.807, 2.05) is 18.2 Å². The van der Waals surface area contributed by atoms with Gasteiger partial charge in [-0.3, -0.25) is 0 Å². The van der Waals surface area contributed by atoms with Crippen molar-refractivity contribution in [1.82, 2.24) is 9.36 Å². The number of aromatic nitrogens is 2. The maximum Gasteiger partial charge on any atom is 0.174 e. The van der Waals surface area contributed by atoms with Crippen molar-refractivity contribution in [1.29, 1.82) is 0 Å². The predicted molar refractivity (Wildman–Crippen MR) is 64.1 cm³/mol. The summed E-state index contributed by atoms with van der Waals surface area (Å²) >= 11 is 6.38. The van der Waals surface area contributed by atoms with Crippen molar-refractivity contribution < 1.29 is 5.11 Å². The lowest BCUT2D eigenvalue weighted by molar-refractivity contribution is 0.281. The summed E-state index contributed by atoms with van der Waals surface area (Å²) in [4.78, 5) is 5.17. The third-order valence-electron chi connectivity index (χ3n) is 1.72. The molecule has 2 rings (SSSR count). The molecule has 1 aromatic carbocycles. The fourth-order valence-electron chi connectivity index (χ4n) is 1.03. The van der Waals surface area contributed by atoms with Crippen molar-refractivity contribution in [3.8, 4) is 0 Å². The largest absolute Gasteiger partial charge is 0.392 e. The molecule has 1 heterocycles. The van der Waals surface area contributed by atoms with Gasteiger partial charge in [-0.2, -0.15) is 4.37 Å². The Hall–Kier alpha value is -0.430. The Kier molecular flexibility index (Phi) is 3.74. The molecule has 0 spiro atoms. The maximum atomic E-state index is 8.96. The number of rotatable bonds is 3. The van der Waals surface area contributed by atoms with Gasteiger partial charge in [0.1, 0.15) is 6.33 Å². The second-order valence-corrected chi connectivity index (χ2v) is 5.66. The van der Waals surface area contributed by atoms with E-state index in [1.54, 1.807) is 18.1 Å². The van der Waals surface area contributed by atoms with Crippen LogP contribution in [-0.2, 0) is 6.61 Å². The number of hydrogen-bond donors (Lipinski definition) is 1. The second-order valence-electron chi connectivity index (χ2n) is 2.73. The zero-order valence-electron chi connectivity index (χ0n) is 7.55. The first-order valence-electron chi connectivity index (χ1n) is 4.13. The molecular weight excluding hydrogens is 296 g/mol. The molecule has 0 amide bonds. The molecule has 0 unspecified atom stereocenters. The van der Waals surface area contributed by atoms with Crippen LogP contribution >= 0.6 is 39.2 Å². The quantitative estimate of drug-likeness (QED) is 0.947. The van der Waals surface area contributed by atoms with Gasteiger partial charge in [-0.1, -0.05) is 17.8 Å².